The van der Waals surface area contributed by atoms with Crippen LogP contribution in [0.3, 0.4) is 0 Å². The third kappa shape index (κ3) is 4.60. The normalized spacial score (nSPS) is 18.6. The van der Waals surface area contributed by atoms with Gasteiger partial charge in [0.25, 0.3) is 0 Å². The minimum Gasteiger partial charge on any atom is -0.400 e. The van der Waals surface area contributed by atoms with Crippen LogP contribution < -0.4 is 16.8 Å². The molecule has 0 aromatic heterocycles. The Morgan fingerprint density at radius 3 is 2.48 bits per heavy atom. The van der Waals surface area contributed by atoms with E-state index in [1.54, 1.807) is 25.8 Å². The van der Waals surface area contributed by atoms with Crippen LogP contribution in [-0.4, -0.2) is 46.6 Å². The van der Waals surface area contributed by atoms with Gasteiger partial charge >= 0.3 is 6.03 Å². The fourth-order valence-corrected chi connectivity index (χ4v) is 3.30. The number of benzene rings is 1. The minimum absolute atomic E-state index is 0.264. The van der Waals surface area contributed by atoms with Gasteiger partial charge in [0.1, 0.15) is 5.84 Å². The number of nitrogens with one attached hydrogen (secondary N) is 1. The van der Waals surface area contributed by atoms with Crippen molar-refractivity contribution in [1.82, 2.24) is 10.2 Å². The van der Waals surface area contributed by atoms with Gasteiger partial charge in [-0.2, -0.15) is 0 Å². The van der Waals surface area contributed by atoms with Crippen molar-refractivity contribution in [3.05, 3.63) is 47.2 Å². The number of urea groups is 1. The van der Waals surface area contributed by atoms with Crippen molar-refractivity contribution in [1.29, 1.82) is 0 Å². The molecule has 0 aliphatic carbocycles. The largest absolute Gasteiger partial charge is 0.400 e. The molecule has 7 nitrogen and oxygen atoms in total. The number of carbonyl (C=O) groups is 1. The van der Waals surface area contributed by atoms with Crippen molar-refractivity contribution in [3.8, 4) is 0 Å². The molecule has 1 aliphatic rings. The molecule has 1 heterocycles. The van der Waals surface area contributed by atoms with Crippen LogP contribution in [-0.2, 0) is 0 Å². The predicted molar refractivity (Wildman–Crippen MR) is 108 cm³/mol. The number of amidine groups is 1. The van der Waals surface area contributed by atoms with Gasteiger partial charge in [0.05, 0.1) is 23.7 Å². The lowest BCUT2D eigenvalue weighted by Crippen LogP contribution is -2.52. The van der Waals surface area contributed by atoms with Crippen LogP contribution in [0.2, 0.25) is 0 Å². The molecule has 7 heteroatoms. The standard InChI is InChI=1S/C20H31N5O2/c1-19(2,27)11-15(13-9-7-6-8-10-13)24-18(26)25-12-14(17(22)23-5)16(21)20(25,3)4/h6-10,15,27H,11-12,21H2,1-5H3,(H2,22,23)(H,24,26). The zero-order valence-corrected chi connectivity index (χ0v) is 16.8. The van der Waals surface area contributed by atoms with Crippen molar-refractivity contribution >= 4 is 11.9 Å². The Bertz CT molecular complexity index is 747. The van der Waals surface area contributed by atoms with E-state index in [1.165, 1.54) is 0 Å². The summed E-state index contributed by atoms with van der Waals surface area (Å²) in [7, 11) is 1.60. The molecule has 1 aromatic carbocycles. The van der Waals surface area contributed by atoms with Gasteiger partial charge in [0, 0.05) is 24.7 Å². The van der Waals surface area contributed by atoms with Crippen molar-refractivity contribution in [2.24, 2.45) is 16.5 Å². The number of carbonyl (C=O) groups excluding carboxylic acids is 1. The second kappa shape index (κ2) is 7.60. The number of aliphatic hydroxyl groups is 1. The number of hydrogen-bond donors (Lipinski definition) is 4. The minimum atomic E-state index is -0.934. The summed E-state index contributed by atoms with van der Waals surface area (Å²) in [5.74, 6) is 0.340. The molecule has 1 atom stereocenters. The lowest BCUT2D eigenvalue weighted by Gasteiger charge is -2.35. The first-order valence-corrected chi connectivity index (χ1v) is 9.04. The van der Waals surface area contributed by atoms with Crippen molar-refractivity contribution in [2.45, 2.75) is 51.3 Å². The molecule has 0 saturated carbocycles. The van der Waals surface area contributed by atoms with Gasteiger partial charge in [-0.1, -0.05) is 30.3 Å². The molecule has 1 aliphatic heterocycles. The quantitative estimate of drug-likeness (QED) is 0.466. The summed E-state index contributed by atoms with van der Waals surface area (Å²) in [6.07, 6.45) is 0.380. The first-order valence-electron chi connectivity index (χ1n) is 9.04. The maximum atomic E-state index is 13.1. The lowest BCUT2D eigenvalue weighted by atomic mass is 9.94. The Balaban J connectivity index is 2.26. The topological polar surface area (TPSA) is 117 Å². The van der Waals surface area contributed by atoms with E-state index in [2.05, 4.69) is 10.3 Å². The average Bonchev–Trinajstić information content (AvgIpc) is 2.83. The maximum Gasteiger partial charge on any atom is 0.318 e. The van der Waals surface area contributed by atoms with Crippen LogP contribution in [0.1, 0.15) is 45.7 Å². The molecule has 148 valence electrons. The molecule has 1 unspecified atom stereocenters. The Morgan fingerprint density at radius 1 is 1.37 bits per heavy atom. The maximum absolute atomic E-state index is 13.1. The van der Waals surface area contributed by atoms with E-state index < -0.39 is 11.1 Å². The Morgan fingerprint density at radius 2 is 1.96 bits per heavy atom. The first kappa shape index (κ1) is 20.8. The molecule has 0 saturated heterocycles. The molecule has 0 radical (unpaired) electrons. The fourth-order valence-electron chi connectivity index (χ4n) is 3.30. The van der Waals surface area contributed by atoms with Crippen LogP contribution in [0.5, 0.6) is 0 Å². The van der Waals surface area contributed by atoms with Gasteiger partial charge in [0.15, 0.2) is 0 Å². The second-order valence-electron chi connectivity index (χ2n) is 8.08. The van der Waals surface area contributed by atoms with E-state index in [0.717, 1.165) is 5.56 Å². The molecule has 1 aromatic rings. The van der Waals surface area contributed by atoms with Gasteiger partial charge in [-0.25, -0.2) is 4.79 Å². The highest BCUT2D eigenvalue weighted by molar-refractivity contribution is 6.00. The number of nitrogens with two attached hydrogens (primary N) is 2. The average molecular weight is 374 g/mol. The third-order valence-electron chi connectivity index (χ3n) is 4.97. The SMILES string of the molecule is CN=C(N)C1=C(N)C(C)(C)N(C(=O)NC(CC(C)(C)O)c2ccccc2)C1. The number of nitrogens with zero attached hydrogens (tertiary/aromatic N) is 2. The fraction of sp³-hybridized carbons (Fsp3) is 0.500. The van der Waals surface area contributed by atoms with E-state index >= 15 is 0 Å². The van der Waals surface area contributed by atoms with E-state index in [4.69, 9.17) is 11.5 Å². The summed E-state index contributed by atoms with van der Waals surface area (Å²) in [4.78, 5) is 18.8. The highest BCUT2D eigenvalue weighted by Crippen LogP contribution is 2.32. The molecule has 0 spiro atoms. The summed E-state index contributed by atoms with van der Waals surface area (Å²) in [5, 5.41) is 13.3. The Kier molecular flexibility index (Phi) is 5.85. The summed E-state index contributed by atoms with van der Waals surface area (Å²) >= 11 is 0. The molecular weight excluding hydrogens is 342 g/mol. The smallest absolute Gasteiger partial charge is 0.318 e. The van der Waals surface area contributed by atoms with Crippen LogP contribution in [0.25, 0.3) is 0 Å². The molecule has 0 fully saturated rings. The molecule has 6 N–H and O–H groups in total. The third-order valence-corrected chi connectivity index (χ3v) is 4.97. The van der Waals surface area contributed by atoms with Gasteiger partial charge < -0.3 is 26.8 Å². The van der Waals surface area contributed by atoms with Crippen molar-refractivity contribution in [3.63, 3.8) is 0 Å². The lowest BCUT2D eigenvalue weighted by molar-refractivity contribution is 0.0589. The summed E-state index contributed by atoms with van der Waals surface area (Å²) in [5.41, 5.74) is 12.7. The van der Waals surface area contributed by atoms with E-state index in [-0.39, 0.29) is 18.6 Å². The zero-order valence-electron chi connectivity index (χ0n) is 16.8. The van der Waals surface area contributed by atoms with Gasteiger partial charge in [-0.3, -0.25) is 4.99 Å². The molecular formula is C20H31N5O2. The van der Waals surface area contributed by atoms with Crippen molar-refractivity contribution < 1.29 is 9.90 Å². The van der Waals surface area contributed by atoms with Crippen LogP contribution in [0, 0.1) is 0 Å². The van der Waals surface area contributed by atoms with Crippen LogP contribution in [0.15, 0.2) is 46.6 Å². The highest BCUT2D eigenvalue weighted by atomic mass is 16.3. The number of rotatable bonds is 5. The molecule has 0 bridgehead atoms. The van der Waals surface area contributed by atoms with Crippen LogP contribution in [0.4, 0.5) is 4.79 Å². The number of hydrogen-bond acceptors (Lipinski definition) is 4. The van der Waals surface area contributed by atoms with Gasteiger partial charge in [-0.15, -0.1) is 0 Å². The highest BCUT2D eigenvalue weighted by Gasteiger charge is 2.42. The van der Waals surface area contributed by atoms with E-state index in [1.807, 2.05) is 44.2 Å². The van der Waals surface area contributed by atoms with Crippen LogP contribution >= 0.6 is 0 Å². The second-order valence-corrected chi connectivity index (χ2v) is 8.08. The number of amides is 2. The molecule has 27 heavy (non-hydrogen) atoms. The monoisotopic (exact) mass is 373 g/mol. The zero-order chi connectivity index (χ0) is 20.4. The Hall–Kier alpha value is -2.54. The molecule has 2 rings (SSSR count). The summed E-state index contributed by atoms with van der Waals surface area (Å²) < 4.78 is 0. The summed E-state index contributed by atoms with van der Waals surface area (Å²) in [6, 6.07) is 9.01. The van der Waals surface area contributed by atoms with Crippen molar-refractivity contribution in [2.75, 3.05) is 13.6 Å². The first-order chi connectivity index (χ1) is 12.5. The van der Waals surface area contributed by atoms with Gasteiger partial charge in [-0.05, 0) is 33.3 Å². The molecule has 2 amide bonds. The van der Waals surface area contributed by atoms with E-state index in [9.17, 15) is 9.90 Å². The number of aliphatic imine (C=N–C) groups is 1. The summed E-state index contributed by atoms with van der Waals surface area (Å²) in [6.45, 7) is 7.50. The Labute approximate surface area is 161 Å². The van der Waals surface area contributed by atoms with Gasteiger partial charge in [0.2, 0.25) is 0 Å². The van der Waals surface area contributed by atoms with E-state index in [0.29, 0.717) is 23.5 Å². The predicted octanol–water partition coefficient (Wildman–Crippen LogP) is 1.89.